The van der Waals surface area contributed by atoms with E-state index in [4.69, 9.17) is 23.8 Å². The van der Waals surface area contributed by atoms with Crippen molar-refractivity contribution in [3.63, 3.8) is 0 Å². The number of esters is 1. The van der Waals surface area contributed by atoms with E-state index in [1.54, 1.807) is 0 Å². The first-order chi connectivity index (χ1) is 12.7. The molecule has 7 nitrogen and oxygen atoms in total. The van der Waals surface area contributed by atoms with E-state index in [2.05, 4.69) is 6.92 Å². The molecule has 150 valence electrons. The van der Waals surface area contributed by atoms with E-state index in [1.807, 2.05) is 27.7 Å². The molecular formula is C20H28O7. The normalized spacial score (nSPS) is 53.4. The maximum Gasteiger partial charge on any atom is 0.334 e. The standard InChI is InChI=1S/C20H28O7/c1-10(2)20-15(27-22)18(4)19(5,25-16(20)26-20)17(3)7-6-11-12(8-23-14(11)21)13(17)9-24-18/h10,13,15-16,22H,6-9H2,1-5H3/t13-,15-,16+,17-,18+,19+,20+/m0/s1. The van der Waals surface area contributed by atoms with Crippen LogP contribution in [0.4, 0.5) is 0 Å². The van der Waals surface area contributed by atoms with E-state index in [9.17, 15) is 10.1 Å². The second kappa shape index (κ2) is 5.13. The van der Waals surface area contributed by atoms with Crippen LogP contribution in [0.3, 0.4) is 0 Å². The van der Waals surface area contributed by atoms with E-state index in [1.165, 1.54) is 0 Å². The molecule has 0 amide bonds. The maximum absolute atomic E-state index is 12.1. The summed E-state index contributed by atoms with van der Waals surface area (Å²) in [7, 11) is 0. The minimum atomic E-state index is -0.897. The third-order valence-corrected chi connectivity index (χ3v) is 8.55. The topological polar surface area (TPSA) is 86.8 Å². The Hall–Kier alpha value is -0.990. The van der Waals surface area contributed by atoms with Crippen molar-refractivity contribution in [3.05, 3.63) is 11.1 Å². The summed E-state index contributed by atoms with van der Waals surface area (Å²) in [5, 5.41) is 9.90. The zero-order valence-electron chi connectivity index (χ0n) is 16.5. The molecule has 3 fully saturated rings. The van der Waals surface area contributed by atoms with Gasteiger partial charge in [-0.25, -0.2) is 9.68 Å². The molecule has 1 aliphatic carbocycles. The second-order valence-corrected chi connectivity index (χ2v) is 9.56. The van der Waals surface area contributed by atoms with Gasteiger partial charge in [0.15, 0.2) is 18.0 Å². The largest absolute Gasteiger partial charge is 0.458 e. The molecule has 0 aromatic carbocycles. The van der Waals surface area contributed by atoms with E-state index in [0.29, 0.717) is 19.6 Å². The van der Waals surface area contributed by atoms with Crippen molar-refractivity contribution in [1.29, 1.82) is 0 Å². The summed E-state index contributed by atoms with van der Waals surface area (Å²) in [6, 6.07) is 0. The Morgan fingerprint density at radius 3 is 2.63 bits per heavy atom. The number of epoxide rings is 1. The van der Waals surface area contributed by atoms with Crippen LogP contribution >= 0.6 is 0 Å². The fourth-order valence-electron chi connectivity index (χ4n) is 6.35. The molecule has 0 saturated carbocycles. The molecule has 0 spiro atoms. The predicted molar refractivity (Wildman–Crippen MR) is 92.6 cm³/mol. The Balaban J connectivity index is 1.61. The molecule has 3 saturated heterocycles. The van der Waals surface area contributed by atoms with Crippen molar-refractivity contribution in [1.82, 2.24) is 0 Å². The number of fused-ring (bicyclic) bond motifs is 5. The summed E-state index contributed by atoms with van der Waals surface area (Å²) < 4.78 is 24.4. The highest BCUT2D eigenvalue weighted by Gasteiger charge is 2.83. The van der Waals surface area contributed by atoms with Gasteiger partial charge in [-0.1, -0.05) is 20.8 Å². The van der Waals surface area contributed by atoms with E-state index < -0.39 is 29.2 Å². The molecule has 0 aromatic rings. The summed E-state index contributed by atoms with van der Waals surface area (Å²) >= 11 is 0. The first kappa shape index (κ1) is 18.1. The molecule has 5 rings (SSSR count). The van der Waals surface area contributed by atoms with Crippen LogP contribution in [0.1, 0.15) is 47.5 Å². The molecule has 0 bridgehead atoms. The van der Waals surface area contributed by atoms with Gasteiger partial charge in [0.1, 0.15) is 17.8 Å². The van der Waals surface area contributed by atoms with Crippen LogP contribution in [0.15, 0.2) is 11.1 Å². The quantitative estimate of drug-likeness (QED) is 0.341. The lowest BCUT2D eigenvalue weighted by molar-refractivity contribution is -0.405. The lowest BCUT2D eigenvalue weighted by atomic mass is 9.50. The number of ether oxygens (including phenoxy) is 4. The van der Waals surface area contributed by atoms with E-state index >= 15 is 0 Å². The summed E-state index contributed by atoms with van der Waals surface area (Å²) in [5.74, 6) is -0.0805. The second-order valence-electron chi connectivity index (χ2n) is 9.56. The van der Waals surface area contributed by atoms with Gasteiger partial charge in [-0.05, 0) is 38.2 Å². The Labute approximate surface area is 158 Å². The zero-order valence-corrected chi connectivity index (χ0v) is 16.5. The first-order valence-electron chi connectivity index (χ1n) is 9.84. The van der Waals surface area contributed by atoms with Crippen molar-refractivity contribution in [2.24, 2.45) is 17.3 Å². The fraction of sp³-hybridized carbons (Fsp3) is 0.850. The van der Waals surface area contributed by atoms with Gasteiger partial charge in [0.2, 0.25) is 0 Å². The number of carbonyl (C=O) groups is 1. The predicted octanol–water partition coefficient (Wildman–Crippen LogP) is 2.44. The third-order valence-electron chi connectivity index (χ3n) is 8.55. The Kier molecular flexibility index (Phi) is 3.43. The number of cyclic esters (lactones) is 1. The Morgan fingerprint density at radius 2 is 1.96 bits per heavy atom. The van der Waals surface area contributed by atoms with Gasteiger partial charge in [0.05, 0.1) is 6.61 Å². The highest BCUT2D eigenvalue weighted by atomic mass is 17.1. The van der Waals surface area contributed by atoms with Crippen molar-refractivity contribution in [3.8, 4) is 0 Å². The smallest absolute Gasteiger partial charge is 0.334 e. The number of carbonyl (C=O) groups excluding carboxylic acids is 1. The molecule has 7 atom stereocenters. The lowest BCUT2D eigenvalue weighted by Crippen LogP contribution is -2.78. The first-order valence-corrected chi connectivity index (χ1v) is 9.84. The molecule has 1 N–H and O–H groups in total. The average molecular weight is 380 g/mol. The van der Waals surface area contributed by atoms with E-state index in [0.717, 1.165) is 17.6 Å². The van der Waals surface area contributed by atoms with Crippen LogP contribution in [-0.4, -0.2) is 53.6 Å². The van der Waals surface area contributed by atoms with Crippen LogP contribution in [0.2, 0.25) is 0 Å². The number of hydrogen-bond acceptors (Lipinski definition) is 7. The van der Waals surface area contributed by atoms with Gasteiger partial charge in [-0.3, -0.25) is 5.26 Å². The maximum atomic E-state index is 12.1. The van der Waals surface area contributed by atoms with Gasteiger partial charge in [-0.15, -0.1) is 0 Å². The highest BCUT2D eigenvalue weighted by Crippen LogP contribution is 2.68. The van der Waals surface area contributed by atoms with Crippen LogP contribution in [0.5, 0.6) is 0 Å². The third kappa shape index (κ3) is 1.79. The number of rotatable bonds is 2. The average Bonchev–Trinajstić information content (AvgIpc) is 3.21. The summed E-state index contributed by atoms with van der Waals surface area (Å²) in [6.45, 7) is 11.0. The molecule has 7 heteroatoms. The van der Waals surface area contributed by atoms with E-state index in [-0.39, 0.29) is 23.2 Å². The van der Waals surface area contributed by atoms with Gasteiger partial charge < -0.3 is 18.9 Å². The van der Waals surface area contributed by atoms with Crippen LogP contribution < -0.4 is 0 Å². The van der Waals surface area contributed by atoms with Crippen molar-refractivity contribution < 1.29 is 33.9 Å². The highest BCUT2D eigenvalue weighted by molar-refractivity contribution is 5.92. The van der Waals surface area contributed by atoms with Gasteiger partial charge in [-0.2, -0.15) is 0 Å². The van der Waals surface area contributed by atoms with Crippen LogP contribution in [-0.2, 0) is 28.6 Å². The minimum Gasteiger partial charge on any atom is -0.458 e. The van der Waals surface area contributed by atoms with Gasteiger partial charge in [0.25, 0.3) is 0 Å². The van der Waals surface area contributed by atoms with Crippen molar-refractivity contribution in [2.45, 2.75) is 76.7 Å². The molecule has 4 aliphatic heterocycles. The molecule has 4 heterocycles. The lowest BCUT2D eigenvalue weighted by Gasteiger charge is -2.66. The zero-order chi connectivity index (χ0) is 19.4. The summed E-state index contributed by atoms with van der Waals surface area (Å²) in [4.78, 5) is 17.1. The monoisotopic (exact) mass is 380 g/mol. The SMILES string of the molecule is CC(C)[C@]12O[C@H]1O[C@]1(C)[C@@]3(C)CCC4=C(COC4=O)[C@@H]3CO[C@]1(C)[C@@H]2OO. The van der Waals surface area contributed by atoms with Crippen LogP contribution in [0, 0.1) is 17.3 Å². The molecule has 27 heavy (non-hydrogen) atoms. The summed E-state index contributed by atoms with van der Waals surface area (Å²) in [5.41, 5.74) is -0.833. The van der Waals surface area contributed by atoms with Gasteiger partial charge >= 0.3 is 5.97 Å². The Morgan fingerprint density at radius 1 is 1.22 bits per heavy atom. The Bertz CT molecular complexity index is 747. The molecule has 0 radical (unpaired) electrons. The van der Waals surface area contributed by atoms with Crippen molar-refractivity contribution >= 4 is 5.97 Å². The van der Waals surface area contributed by atoms with Crippen molar-refractivity contribution in [2.75, 3.05) is 13.2 Å². The molecule has 0 unspecified atom stereocenters. The molecular weight excluding hydrogens is 352 g/mol. The molecule has 5 aliphatic rings. The number of hydrogen-bond donors (Lipinski definition) is 1. The minimum absolute atomic E-state index is 0.0235. The summed E-state index contributed by atoms with van der Waals surface area (Å²) in [6.07, 6.45) is 0.342. The molecule has 0 aromatic heterocycles. The van der Waals surface area contributed by atoms with Gasteiger partial charge in [0, 0.05) is 16.9 Å². The fourth-order valence-corrected chi connectivity index (χ4v) is 6.35. The van der Waals surface area contributed by atoms with Crippen LogP contribution in [0.25, 0.3) is 0 Å².